The number of nitrogens with zero attached hydrogens (tertiary/aromatic N) is 2. The van der Waals surface area contributed by atoms with Crippen LogP contribution < -0.4 is 5.32 Å². The number of thioether (sulfide) groups is 1. The molecule has 0 bridgehead atoms. The van der Waals surface area contributed by atoms with Crippen LogP contribution in [-0.2, 0) is 4.74 Å². The summed E-state index contributed by atoms with van der Waals surface area (Å²) in [5.41, 5.74) is -0.184. The van der Waals surface area contributed by atoms with Crippen LogP contribution in [-0.4, -0.2) is 41.0 Å². The minimum absolute atomic E-state index is 0.184. The first-order valence-electron chi connectivity index (χ1n) is 5.77. The monoisotopic (exact) mass is 255 g/mol. The van der Waals surface area contributed by atoms with E-state index in [0.717, 1.165) is 17.3 Å². The standard InChI is InChI=1S/C12H21N3OS/c1-5-14-10(12(2,3)16-4)8-17-11-6-7-13-9-15-11/h6-7,9-10,14H,5,8H2,1-4H3. The molecule has 0 saturated carbocycles. The van der Waals surface area contributed by atoms with Gasteiger partial charge in [-0.15, -0.1) is 11.8 Å². The van der Waals surface area contributed by atoms with E-state index in [9.17, 15) is 0 Å². The Kier molecular flexibility index (Phi) is 5.88. The molecule has 0 amide bonds. The van der Waals surface area contributed by atoms with Gasteiger partial charge < -0.3 is 10.1 Å². The lowest BCUT2D eigenvalue weighted by Gasteiger charge is -2.33. The number of aromatic nitrogens is 2. The van der Waals surface area contributed by atoms with Gasteiger partial charge in [0.1, 0.15) is 6.33 Å². The minimum atomic E-state index is -0.184. The molecule has 0 radical (unpaired) electrons. The summed E-state index contributed by atoms with van der Waals surface area (Å²) in [6, 6.07) is 2.21. The zero-order valence-electron chi connectivity index (χ0n) is 10.9. The number of ether oxygens (including phenoxy) is 1. The Morgan fingerprint density at radius 2 is 2.29 bits per heavy atom. The molecule has 0 aliphatic rings. The van der Waals surface area contributed by atoms with Crippen LogP contribution in [0.5, 0.6) is 0 Å². The summed E-state index contributed by atoms with van der Waals surface area (Å²) in [4.78, 5) is 8.11. The predicted octanol–water partition coefficient (Wildman–Crippen LogP) is 1.97. The maximum atomic E-state index is 5.53. The molecule has 1 heterocycles. The Labute approximate surface area is 108 Å². The Bertz CT molecular complexity index is 319. The van der Waals surface area contributed by atoms with Crippen LogP contribution in [0.1, 0.15) is 20.8 Å². The number of hydrogen-bond acceptors (Lipinski definition) is 5. The summed E-state index contributed by atoms with van der Waals surface area (Å²) < 4.78 is 5.53. The van der Waals surface area contributed by atoms with Gasteiger partial charge in [0.15, 0.2) is 0 Å². The fraction of sp³-hybridized carbons (Fsp3) is 0.667. The van der Waals surface area contributed by atoms with Crippen molar-refractivity contribution in [3.05, 3.63) is 18.6 Å². The average Bonchev–Trinajstić information content (AvgIpc) is 2.35. The summed E-state index contributed by atoms with van der Waals surface area (Å²) >= 11 is 1.72. The van der Waals surface area contributed by atoms with Gasteiger partial charge in [0.05, 0.1) is 10.6 Å². The minimum Gasteiger partial charge on any atom is -0.377 e. The second-order valence-electron chi connectivity index (χ2n) is 4.28. The molecule has 1 rings (SSSR count). The maximum Gasteiger partial charge on any atom is 0.116 e. The van der Waals surface area contributed by atoms with E-state index in [1.54, 1.807) is 31.4 Å². The zero-order chi connectivity index (χ0) is 12.7. The second kappa shape index (κ2) is 6.93. The third-order valence-corrected chi connectivity index (χ3v) is 3.81. The largest absolute Gasteiger partial charge is 0.377 e. The number of likely N-dealkylation sites (N-methyl/N-ethyl adjacent to an activating group) is 1. The fourth-order valence-corrected chi connectivity index (χ4v) is 2.56. The van der Waals surface area contributed by atoms with Gasteiger partial charge in [-0.05, 0) is 26.5 Å². The van der Waals surface area contributed by atoms with Gasteiger partial charge in [0.2, 0.25) is 0 Å². The summed E-state index contributed by atoms with van der Waals surface area (Å²) in [6.07, 6.45) is 3.34. The molecule has 96 valence electrons. The third kappa shape index (κ3) is 4.61. The summed E-state index contributed by atoms with van der Waals surface area (Å²) in [6.45, 7) is 7.23. The summed E-state index contributed by atoms with van der Waals surface area (Å²) in [5.74, 6) is 0.922. The van der Waals surface area contributed by atoms with E-state index in [4.69, 9.17) is 4.74 Å². The Morgan fingerprint density at radius 3 is 2.82 bits per heavy atom. The highest BCUT2D eigenvalue weighted by Gasteiger charge is 2.28. The maximum absolute atomic E-state index is 5.53. The van der Waals surface area contributed by atoms with Crippen LogP contribution in [0.4, 0.5) is 0 Å². The van der Waals surface area contributed by atoms with Crippen LogP contribution in [0, 0.1) is 0 Å². The quantitative estimate of drug-likeness (QED) is 0.596. The normalized spacial score (nSPS) is 13.6. The van der Waals surface area contributed by atoms with E-state index < -0.39 is 0 Å². The van der Waals surface area contributed by atoms with Crippen molar-refractivity contribution < 1.29 is 4.74 Å². The molecule has 0 saturated heterocycles. The van der Waals surface area contributed by atoms with Crippen molar-refractivity contribution >= 4 is 11.8 Å². The van der Waals surface area contributed by atoms with Crippen molar-refractivity contribution in [1.82, 2.24) is 15.3 Å². The predicted molar refractivity (Wildman–Crippen MR) is 71.3 cm³/mol. The molecule has 1 aromatic rings. The topological polar surface area (TPSA) is 47.0 Å². The number of rotatable bonds is 7. The van der Waals surface area contributed by atoms with Crippen molar-refractivity contribution in [2.45, 2.75) is 37.4 Å². The van der Waals surface area contributed by atoms with Crippen LogP contribution in [0.2, 0.25) is 0 Å². The number of hydrogen-bond donors (Lipinski definition) is 1. The molecule has 0 aliphatic carbocycles. The molecule has 0 spiro atoms. The van der Waals surface area contributed by atoms with Gasteiger partial charge in [0.25, 0.3) is 0 Å². The van der Waals surface area contributed by atoms with Gasteiger partial charge in [0, 0.05) is 25.1 Å². The lowest BCUT2D eigenvalue weighted by atomic mass is 10.0. The van der Waals surface area contributed by atoms with E-state index in [1.165, 1.54) is 0 Å². The molecule has 4 nitrogen and oxygen atoms in total. The Morgan fingerprint density at radius 1 is 1.53 bits per heavy atom. The smallest absolute Gasteiger partial charge is 0.116 e. The molecular weight excluding hydrogens is 234 g/mol. The molecule has 0 aliphatic heterocycles. The van der Waals surface area contributed by atoms with Gasteiger partial charge in [-0.25, -0.2) is 9.97 Å². The molecule has 1 atom stereocenters. The Balaban J connectivity index is 2.56. The third-order valence-electron chi connectivity index (χ3n) is 2.77. The first-order valence-corrected chi connectivity index (χ1v) is 6.76. The SMILES string of the molecule is CCNC(CSc1ccncn1)C(C)(C)OC. The highest BCUT2D eigenvalue weighted by molar-refractivity contribution is 7.99. The number of nitrogens with one attached hydrogen (secondary N) is 1. The molecule has 0 aromatic carbocycles. The lowest BCUT2D eigenvalue weighted by molar-refractivity contribution is -0.00310. The van der Waals surface area contributed by atoms with E-state index >= 15 is 0 Å². The van der Waals surface area contributed by atoms with Crippen molar-refractivity contribution in [3.63, 3.8) is 0 Å². The van der Waals surface area contributed by atoms with Crippen molar-refractivity contribution in [2.75, 3.05) is 19.4 Å². The number of methoxy groups -OCH3 is 1. The molecule has 1 unspecified atom stereocenters. The zero-order valence-corrected chi connectivity index (χ0v) is 11.8. The van der Waals surface area contributed by atoms with Gasteiger partial charge >= 0.3 is 0 Å². The van der Waals surface area contributed by atoms with E-state index in [0.29, 0.717) is 0 Å². The molecule has 1 N–H and O–H groups in total. The molecule has 1 aromatic heterocycles. The van der Waals surface area contributed by atoms with Crippen molar-refractivity contribution in [3.8, 4) is 0 Å². The van der Waals surface area contributed by atoms with E-state index in [1.807, 2.05) is 6.07 Å². The molecule has 17 heavy (non-hydrogen) atoms. The lowest BCUT2D eigenvalue weighted by Crippen LogP contribution is -2.49. The highest BCUT2D eigenvalue weighted by atomic mass is 32.2. The van der Waals surface area contributed by atoms with Gasteiger partial charge in [-0.3, -0.25) is 0 Å². The van der Waals surface area contributed by atoms with Gasteiger partial charge in [-0.1, -0.05) is 6.92 Å². The second-order valence-corrected chi connectivity index (χ2v) is 5.32. The van der Waals surface area contributed by atoms with Gasteiger partial charge in [-0.2, -0.15) is 0 Å². The fourth-order valence-electron chi connectivity index (χ4n) is 1.43. The van der Waals surface area contributed by atoms with Crippen LogP contribution in [0.15, 0.2) is 23.6 Å². The van der Waals surface area contributed by atoms with Crippen molar-refractivity contribution in [2.24, 2.45) is 0 Å². The Hall–Kier alpha value is -0.650. The first-order chi connectivity index (χ1) is 8.10. The highest BCUT2D eigenvalue weighted by Crippen LogP contribution is 2.22. The molecular formula is C12H21N3OS. The van der Waals surface area contributed by atoms with Crippen LogP contribution in [0.3, 0.4) is 0 Å². The average molecular weight is 255 g/mol. The van der Waals surface area contributed by atoms with E-state index in [2.05, 4.69) is 36.1 Å². The molecule has 0 fully saturated rings. The molecule has 5 heteroatoms. The van der Waals surface area contributed by atoms with E-state index in [-0.39, 0.29) is 11.6 Å². The van der Waals surface area contributed by atoms with Crippen LogP contribution >= 0.6 is 11.8 Å². The summed E-state index contributed by atoms with van der Waals surface area (Å²) in [5, 5.41) is 4.45. The first kappa shape index (κ1) is 14.4. The van der Waals surface area contributed by atoms with Crippen LogP contribution in [0.25, 0.3) is 0 Å². The van der Waals surface area contributed by atoms with Crippen molar-refractivity contribution in [1.29, 1.82) is 0 Å². The summed E-state index contributed by atoms with van der Waals surface area (Å²) in [7, 11) is 1.75.